The number of thiophene rings is 1. The highest BCUT2D eigenvalue weighted by Crippen LogP contribution is 2.41. The number of halogens is 1. The molecule has 1 fully saturated rings. The van der Waals surface area contributed by atoms with Crippen LogP contribution >= 0.6 is 34.7 Å². The van der Waals surface area contributed by atoms with Gasteiger partial charge >= 0.3 is 5.97 Å². The Labute approximate surface area is 144 Å². The van der Waals surface area contributed by atoms with Gasteiger partial charge in [-0.3, -0.25) is 14.5 Å². The van der Waals surface area contributed by atoms with Crippen LogP contribution in [-0.4, -0.2) is 45.0 Å². The highest BCUT2D eigenvalue weighted by Gasteiger charge is 2.54. The molecule has 2 aliphatic heterocycles. The van der Waals surface area contributed by atoms with Gasteiger partial charge in [0.25, 0.3) is 5.91 Å². The fourth-order valence-electron chi connectivity index (χ4n) is 2.42. The van der Waals surface area contributed by atoms with E-state index >= 15 is 0 Å². The number of carboxylic acids is 1. The van der Waals surface area contributed by atoms with Gasteiger partial charge in [0.1, 0.15) is 23.2 Å². The minimum absolute atomic E-state index is 0.118. The predicted molar refractivity (Wildman–Crippen MR) is 86.8 cm³/mol. The van der Waals surface area contributed by atoms with Crippen LogP contribution in [0.1, 0.15) is 10.9 Å². The monoisotopic (exact) mass is 373 g/mol. The smallest absolute Gasteiger partial charge is 0.353 e. The van der Waals surface area contributed by atoms with Crippen molar-refractivity contribution in [1.29, 1.82) is 0 Å². The molecule has 2 amide bonds. The van der Waals surface area contributed by atoms with Crippen molar-refractivity contribution in [1.82, 2.24) is 10.2 Å². The Morgan fingerprint density at radius 2 is 2.26 bits per heavy atom. The second-order valence-electron chi connectivity index (χ2n) is 4.95. The van der Waals surface area contributed by atoms with Gasteiger partial charge in [-0.1, -0.05) is 17.7 Å². The summed E-state index contributed by atoms with van der Waals surface area (Å²) < 4.78 is 0. The average molecular weight is 374 g/mol. The van der Waals surface area contributed by atoms with Crippen molar-refractivity contribution < 1.29 is 19.5 Å². The number of fused-ring (bicyclic) bond motifs is 1. The van der Waals surface area contributed by atoms with Crippen LogP contribution in [0.5, 0.6) is 0 Å². The Morgan fingerprint density at radius 1 is 1.52 bits per heavy atom. The van der Waals surface area contributed by atoms with E-state index in [9.17, 15) is 19.5 Å². The third-order valence-corrected chi connectivity index (χ3v) is 6.26. The molecular weight excluding hydrogens is 362 g/mol. The van der Waals surface area contributed by atoms with Gasteiger partial charge in [0.05, 0.1) is 5.03 Å². The van der Waals surface area contributed by atoms with Crippen molar-refractivity contribution in [3.63, 3.8) is 0 Å². The number of β-lactam (4-membered cyclic amide) rings is 1. The molecule has 0 radical (unpaired) electrons. The lowest BCUT2D eigenvalue weighted by atomic mass is 10.0. The molecule has 0 aromatic carbocycles. The molecule has 0 aliphatic carbocycles. The van der Waals surface area contributed by atoms with Crippen molar-refractivity contribution in [3.8, 4) is 0 Å². The number of nitrogens with zero attached hydrogens (tertiary/aromatic N) is 1. The summed E-state index contributed by atoms with van der Waals surface area (Å²) in [5.41, 5.74) is 5.65. The molecule has 10 heteroatoms. The van der Waals surface area contributed by atoms with Gasteiger partial charge < -0.3 is 16.2 Å². The van der Waals surface area contributed by atoms with Crippen LogP contribution in [0, 0.1) is 0 Å². The third kappa shape index (κ3) is 2.74. The molecule has 1 aromatic heterocycles. The zero-order valence-electron chi connectivity index (χ0n) is 11.6. The van der Waals surface area contributed by atoms with Gasteiger partial charge in [-0.05, 0) is 11.4 Å². The van der Waals surface area contributed by atoms with Crippen molar-refractivity contribution in [2.75, 3.05) is 5.75 Å². The quantitative estimate of drug-likeness (QED) is 0.669. The van der Waals surface area contributed by atoms with Gasteiger partial charge in [0.2, 0.25) is 5.91 Å². The Balaban J connectivity index is 1.72. The zero-order chi connectivity index (χ0) is 16.7. The van der Waals surface area contributed by atoms with E-state index in [1.54, 1.807) is 12.1 Å². The van der Waals surface area contributed by atoms with Crippen molar-refractivity contribution >= 4 is 52.5 Å². The topological polar surface area (TPSA) is 113 Å². The van der Waals surface area contributed by atoms with E-state index in [1.807, 2.05) is 5.38 Å². The lowest BCUT2D eigenvalue weighted by Crippen LogP contribution is -2.70. The molecule has 0 saturated carbocycles. The van der Waals surface area contributed by atoms with E-state index in [0.29, 0.717) is 4.88 Å². The number of thioether (sulfide) groups is 1. The predicted octanol–water partition coefficient (Wildman–Crippen LogP) is 0.683. The molecule has 4 N–H and O–H groups in total. The molecule has 2 aliphatic rings. The summed E-state index contributed by atoms with van der Waals surface area (Å²) in [4.78, 5) is 37.4. The maximum Gasteiger partial charge on any atom is 0.353 e. The highest BCUT2D eigenvalue weighted by atomic mass is 35.5. The van der Waals surface area contributed by atoms with E-state index in [4.69, 9.17) is 17.3 Å². The van der Waals surface area contributed by atoms with E-state index in [2.05, 4.69) is 5.32 Å². The number of nitrogens with two attached hydrogens (primary N) is 1. The molecule has 3 heterocycles. The fraction of sp³-hybridized carbons (Fsp3) is 0.308. The number of nitrogens with one attached hydrogen (secondary N) is 1. The number of carbonyl (C=O) groups excluding carboxylic acids is 2. The van der Waals surface area contributed by atoms with Crippen LogP contribution in [0.4, 0.5) is 0 Å². The van der Waals surface area contributed by atoms with Gasteiger partial charge in [-0.2, -0.15) is 0 Å². The molecule has 2 unspecified atom stereocenters. The lowest BCUT2D eigenvalue weighted by molar-refractivity contribution is -0.150. The van der Waals surface area contributed by atoms with Crippen LogP contribution in [0.3, 0.4) is 0 Å². The van der Waals surface area contributed by atoms with E-state index in [0.717, 1.165) is 4.90 Å². The molecule has 122 valence electrons. The van der Waals surface area contributed by atoms with Crippen LogP contribution in [0.25, 0.3) is 0 Å². The Morgan fingerprint density at radius 3 is 2.87 bits per heavy atom. The van der Waals surface area contributed by atoms with Crippen LogP contribution in [-0.2, 0) is 14.4 Å². The third-order valence-electron chi connectivity index (χ3n) is 3.55. The highest BCUT2D eigenvalue weighted by molar-refractivity contribution is 8.00. The number of hydrogen-bond acceptors (Lipinski definition) is 6. The Hall–Kier alpha value is -1.55. The second-order valence-corrected chi connectivity index (χ2v) is 7.49. The SMILES string of the molecule is NC(C(=O)NC1C(=O)N2C(C(=O)O)=C(Cl)CS[C@H]12)c1cccs1. The van der Waals surface area contributed by atoms with Gasteiger partial charge in [-0.15, -0.1) is 23.1 Å². The standard InChI is InChI=1S/C13H12ClN3O4S2/c14-5-4-23-12-8(11(19)17(12)9(5)13(20)21)16-10(18)7(15)6-2-1-3-22-6/h1-3,7-8,12H,4,15H2,(H,16,18)(H,20,21)/t7?,8?,12-/m1/s1. The molecule has 3 rings (SSSR count). The summed E-state index contributed by atoms with van der Waals surface area (Å²) >= 11 is 8.54. The summed E-state index contributed by atoms with van der Waals surface area (Å²) in [5.74, 6) is -1.94. The summed E-state index contributed by atoms with van der Waals surface area (Å²) in [5, 5.41) is 13.2. The first-order valence-corrected chi connectivity index (χ1v) is 8.88. The minimum atomic E-state index is -1.26. The lowest BCUT2D eigenvalue weighted by Gasteiger charge is -2.48. The van der Waals surface area contributed by atoms with E-state index in [-0.39, 0.29) is 16.5 Å². The molecule has 1 saturated heterocycles. The number of carboxylic acid groups (broad SMARTS) is 1. The van der Waals surface area contributed by atoms with Gasteiger partial charge in [0.15, 0.2) is 0 Å². The molecular formula is C13H12ClN3O4S2. The van der Waals surface area contributed by atoms with Crippen LogP contribution < -0.4 is 11.1 Å². The number of hydrogen-bond donors (Lipinski definition) is 3. The van der Waals surface area contributed by atoms with Gasteiger partial charge in [-0.25, -0.2) is 4.79 Å². The summed E-state index contributed by atoms with van der Waals surface area (Å²) in [7, 11) is 0. The number of aliphatic carboxylic acids is 1. The molecule has 0 bridgehead atoms. The van der Waals surface area contributed by atoms with E-state index < -0.39 is 35.2 Å². The zero-order valence-corrected chi connectivity index (χ0v) is 14.0. The average Bonchev–Trinajstić information content (AvgIpc) is 3.05. The largest absolute Gasteiger partial charge is 0.477 e. The van der Waals surface area contributed by atoms with Crippen molar-refractivity contribution in [2.45, 2.75) is 17.5 Å². The first kappa shape index (κ1) is 16.3. The minimum Gasteiger partial charge on any atom is -0.477 e. The van der Waals surface area contributed by atoms with Crippen LogP contribution in [0.2, 0.25) is 0 Å². The summed E-state index contributed by atoms with van der Waals surface area (Å²) in [6.07, 6.45) is 0. The van der Waals surface area contributed by atoms with Crippen molar-refractivity contribution in [2.24, 2.45) is 5.73 Å². The van der Waals surface area contributed by atoms with Crippen LogP contribution in [0.15, 0.2) is 28.2 Å². The maximum atomic E-state index is 12.2. The molecule has 0 spiro atoms. The molecule has 3 atom stereocenters. The first-order chi connectivity index (χ1) is 10.9. The van der Waals surface area contributed by atoms with E-state index in [1.165, 1.54) is 23.1 Å². The molecule has 1 aromatic rings. The summed E-state index contributed by atoms with van der Waals surface area (Å²) in [6.45, 7) is 0. The number of amides is 2. The summed E-state index contributed by atoms with van der Waals surface area (Å²) in [6, 6.07) is 1.87. The number of carbonyl (C=O) groups is 3. The molecule has 23 heavy (non-hydrogen) atoms. The normalized spacial score (nSPS) is 24.8. The second kappa shape index (κ2) is 6.16. The fourth-order valence-corrected chi connectivity index (χ4v) is 4.70. The van der Waals surface area contributed by atoms with Gasteiger partial charge in [0, 0.05) is 10.6 Å². The number of rotatable bonds is 4. The Kier molecular flexibility index (Phi) is 4.37. The molecule has 7 nitrogen and oxygen atoms in total. The maximum absolute atomic E-state index is 12.2. The van der Waals surface area contributed by atoms with Crippen molar-refractivity contribution in [3.05, 3.63) is 33.1 Å². The first-order valence-electron chi connectivity index (χ1n) is 6.57. The Bertz CT molecular complexity index is 706.